The van der Waals surface area contributed by atoms with Crippen LogP contribution in [0.15, 0.2) is 54.9 Å². The molecule has 1 N–H and O–H groups in total. The molecule has 29 heavy (non-hydrogen) atoms. The van der Waals surface area contributed by atoms with Gasteiger partial charge in [-0.05, 0) is 72.5 Å². The van der Waals surface area contributed by atoms with Crippen molar-refractivity contribution < 1.29 is 13.9 Å². The second-order valence-corrected chi connectivity index (χ2v) is 7.13. The second kappa shape index (κ2) is 7.20. The topological polar surface area (TPSA) is 60.0 Å². The number of pyridine rings is 1. The molecule has 5 rings (SSSR count). The minimum absolute atomic E-state index is 0.0237. The van der Waals surface area contributed by atoms with Crippen LogP contribution in [0.4, 0.5) is 4.39 Å². The lowest BCUT2D eigenvalue weighted by Gasteiger charge is -2.24. The summed E-state index contributed by atoms with van der Waals surface area (Å²) in [4.78, 5) is 11.9. The Bertz CT molecular complexity index is 1170. The Balaban J connectivity index is 1.48. The molecule has 6 heteroatoms. The number of halogens is 1. The van der Waals surface area contributed by atoms with Crippen LogP contribution < -0.4 is 9.47 Å². The molecular formula is C23H20FN3O2. The summed E-state index contributed by atoms with van der Waals surface area (Å²) in [6.07, 6.45) is 4.15. The third-order valence-electron chi connectivity index (χ3n) is 5.21. The van der Waals surface area contributed by atoms with E-state index in [2.05, 4.69) is 15.0 Å². The van der Waals surface area contributed by atoms with E-state index in [-0.39, 0.29) is 11.7 Å². The Labute approximate surface area is 167 Å². The van der Waals surface area contributed by atoms with Gasteiger partial charge in [-0.25, -0.2) is 9.37 Å². The summed E-state index contributed by atoms with van der Waals surface area (Å²) in [5.74, 6) is 2.11. The van der Waals surface area contributed by atoms with Crippen molar-refractivity contribution in [1.82, 2.24) is 15.0 Å². The smallest absolute Gasteiger partial charge is 0.151 e. The monoisotopic (exact) mass is 389 g/mol. The summed E-state index contributed by atoms with van der Waals surface area (Å²) in [7, 11) is 0. The van der Waals surface area contributed by atoms with Crippen molar-refractivity contribution in [1.29, 1.82) is 0 Å². The van der Waals surface area contributed by atoms with Gasteiger partial charge in [-0.15, -0.1) is 0 Å². The number of rotatable bonds is 4. The number of aromatic amines is 1. The first-order valence-electron chi connectivity index (χ1n) is 9.69. The highest BCUT2D eigenvalue weighted by atomic mass is 19.1. The molecule has 2 aromatic heterocycles. The molecule has 0 saturated heterocycles. The molecule has 0 amide bonds. The third-order valence-corrected chi connectivity index (χ3v) is 5.21. The lowest BCUT2D eigenvalue weighted by Crippen LogP contribution is -2.20. The molecule has 0 fully saturated rings. The van der Waals surface area contributed by atoms with E-state index in [4.69, 9.17) is 9.47 Å². The maximum absolute atomic E-state index is 14.7. The predicted octanol–water partition coefficient (Wildman–Crippen LogP) is 4.88. The molecular weight excluding hydrogens is 369 g/mol. The van der Waals surface area contributed by atoms with Gasteiger partial charge in [0.05, 0.1) is 24.6 Å². The number of imidazole rings is 1. The molecule has 3 heterocycles. The SMILES string of the molecule is CCOc1ccc2c(c1)CC(c1nc3c(F)cc(-c4ccncc4)cc3[nH]1)CO2. The molecule has 0 radical (unpaired) electrons. The highest BCUT2D eigenvalue weighted by Gasteiger charge is 2.25. The van der Waals surface area contributed by atoms with Gasteiger partial charge in [-0.3, -0.25) is 4.98 Å². The van der Waals surface area contributed by atoms with Crippen LogP contribution in [-0.4, -0.2) is 28.2 Å². The van der Waals surface area contributed by atoms with E-state index in [1.54, 1.807) is 12.4 Å². The Morgan fingerprint density at radius 3 is 2.83 bits per heavy atom. The maximum atomic E-state index is 14.7. The molecule has 1 aliphatic heterocycles. The fraction of sp³-hybridized carbons (Fsp3) is 0.217. The summed E-state index contributed by atoms with van der Waals surface area (Å²) in [5, 5.41) is 0. The summed E-state index contributed by atoms with van der Waals surface area (Å²) >= 11 is 0. The summed E-state index contributed by atoms with van der Waals surface area (Å²) in [5.41, 5.74) is 3.81. The molecule has 0 spiro atoms. The fourth-order valence-electron chi connectivity index (χ4n) is 3.80. The zero-order valence-corrected chi connectivity index (χ0v) is 16.0. The molecule has 2 aromatic carbocycles. The predicted molar refractivity (Wildman–Crippen MR) is 109 cm³/mol. The van der Waals surface area contributed by atoms with Gasteiger partial charge in [0.25, 0.3) is 0 Å². The van der Waals surface area contributed by atoms with Crippen molar-refractivity contribution in [3.8, 4) is 22.6 Å². The van der Waals surface area contributed by atoms with Crippen LogP contribution in [0.1, 0.15) is 24.2 Å². The van der Waals surface area contributed by atoms with Crippen LogP contribution in [0.2, 0.25) is 0 Å². The zero-order valence-electron chi connectivity index (χ0n) is 16.0. The molecule has 146 valence electrons. The van der Waals surface area contributed by atoms with E-state index in [9.17, 15) is 4.39 Å². The van der Waals surface area contributed by atoms with Gasteiger partial charge >= 0.3 is 0 Å². The number of nitrogens with zero attached hydrogens (tertiary/aromatic N) is 2. The summed E-state index contributed by atoms with van der Waals surface area (Å²) < 4.78 is 26.3. The van der Waals surface area contributed by atoms with Gasteiger partial charge < -0.3 is 14.5 Å². The highest BCUT2D eigenvalue weighted by molar-refractivity contribution is 5.82. The van der Waals surface area contributed by atoms with Gasteiger partial charge in [0.2, 0.25) is 0 Å². The fourth-order valence-corrected chi connectivity index (χ4v) is 3.80. The Morgan fingerprint density at radius 2 is 2.00 bits per heavy atom. The Kier molecular flexibility index (Phi) is 4.39. The van der Waals surface area contributed by atoms with Crippen molar-refractivity contribution in [3.63, 3.8) is 0 Å². The lowest BCUT2D eigenvalue weighted by molar-refractivity contribution is 0.257. The Hall–Kier alpha value is -3.41. The summed E-state index contributed by atoms with van der Waals surface area (Å²) in [6.45, 7) is 3.08. The summed E-state index contributed by atoms with van der Waals surface area (Å²) in [6, 6.07) is 13.0. The minimum atomic E-state index is -0.340. The zero-order chi connectivity index (χ0) is 19.8. The first-order chi connectivity index (χ1) is 14.2. The number of hydrogen-bond donors (Lipinski definition) is 1. The largest absolute Gasteiger partial charge is 0.494 e. The molecule has 1 atom stereocenters. The minimum Gasteiger partial charge on any atom is -0.494 e. The number of H-pyrrole nitrogens is 1. The number of ether oxygens (including phenoxy) is 2. The van der Waals surface area contributed by atoms with E-state index >= 15 is 0 Å². The van der Waals surface area contributed by atoms with Crippen molar-refractivity contribution >= 4 is 11.0 Å². The number of aromatic nitrogens is 3. The van der Waals surface area contributed by atoms with Gasteiger partial charge in [-0.1, -0.05) is 0 Å². The number of hydrogen-bond acceptors (Lipinski definition) is 4. The molecule has 1 unspecified atom stereocenters. The lowest BCUT2D eigenvalue weighted by atomic mass is 9.96. The van der Waals surface area contributed by atoms with Crippen molar-refractivity contribution in [2.75, 3.05) is 13.2 Å². The molecule has 0 aliphatic carbocycles. The highest BCUT2D eigenvalue weighted by Crippen LogP contribution is 2.35. The number of fused-ring (bicyclic) bond motifs is 2. The van der Waals surface area contributed by atoms with Gasteiger partial charge in [0.15, 0.2) is 5.82 Å². The number of nitrogens with one attached hydrogen (secondary N) is 1. The van der Waals surface area contributed by atoms with Crippen molar-refractivity contribution in [2.45, 2.75) is 19.3 Å². The van der Waals surface area contributed by atoms with Crippen LogP contribution in [0.25, 0.3) is 22.2 Å². The van der Waals surface area contributed by atoms with E-state index in [1.807, 2.05) is 43.3 Å². The average Bonchev–Trinajstić information content (AvgIpc) is 3.19. The van der Waals surface area contributed by atoms with Crippen molar-refractivity contribution in [2.24, 2.45) is 0 Å². The standard InChI is InChI=1S/C23H20FN3O2/c1-2-28-18-3-4-21-16(10-18)9-17(13-29-21)23-26-20-12-15(11-19(24)22(20)27-23)14-5-7-25-8-6-14/h3-8,10-12,17H,2,9,13H2,1H3,(H,26,27). The van der Waals surface area contributed by atoms with Crippen LogP contribution in [0.3, 0.4) is 0 Å². The van der Waals surface area contributed by atoms with Crippen LogP contribution >= 0.6 is 0 Å². The normalized spacial score (nSPS) is 15.7. The first-order valence-corrected chi connectivity index (χ1v) is 9.69. The van der Waals surface area contributed by atoms with Gasteiger partial charge in [-0.2, -0.15) is 0 Å². The van der Waals surface area contributed by atoms with E-state index in [0.717, 1.165) is 40.4 Å². The van der Waals surface area contributed by atoms with E-state index in [1.165, 1.54) is 6.07 Å². The van der Waals surface area contributed by atoms with Crippen LogP contribution in [0, 0.1) is 5.82 Å². The van der Waals surface area contributed by atoms with Crippen LogP contribution in [0.5, 0.6) is 11.5 Å². The first kappa shape index (κ1) is 17.7. The molecule has 4 aromatic rings. The molecule has 0 bridgehead atoms. The van der Waals surface area contributed by atoms with E-state index < -0.39 is 0 Å². The Morgan fingerprint density at radius 1 is 1.14 bits per heavy atom. The average molecular weight is 389 g/mol. The number of benzene rings is 2. The molecule has 5 nitrogen and oxygen atoms in total. The van der Waals surface area contributed by atoms with Crippen molar-refractivity contribution in [3.05, 3.63) is 72.1 Å². The van der Waals surface area contributed by atoms with Gasteiger partial charge in [0, 0.05) is 12.4 Å². The third kappa shape index (κ3) is 3.31. The quantitative estimate of drug-likeness (QED) is 0.540. The van der Waals surface area contributed by atoms with Gasteiger partial charge in [0.1, 0.15) is 22.8 Å². The molecule has 0 saturated carbocycles. The van der Waals surface area contributed by atoms with Crippen LogP contribution in [-0.2, 0) is 6.42 Å². The molecule has 1 aliphatic rings. The second-order valence-electron chi connectivity index (χ2n) is 7.13. The van der Waals surface area contributed by atoms with E-state index in [0.29, 0.717) is 24.2 Å². The maximum Gasteiger partial charge on any atom is 0.151 e.